The topological polar surface area (TPSA) is 102 Å². The van der Waals surface area contributed by atoms with Gasteiger partial charge in [-0.1, -0.05) is 12.1 Å². The Morgan fingerprint density at radius 2 is 1.64 bits per heavy atom. The summed E-state index contributed by atoms with van der Waals surface area (Å²) >= 11 is 0. The van der Waals surface area contributed by atoms with E-state index in [0.29, 0.717) is 22.6 Å². The first-order valence-corrected chi connectivity index (χ1v) is 8.81. The van der Waals surface area contributed by atoms with Gasteiger partial charge >= 0.3 is 5.97 Å². The second-order valence-electron chi connectivity index (χ2n) is 5.30. The summed E-state index contributed by atoms with van der Waals surface area (Å²) in [4.78, 5) is 10.9. The van der Waals surface area contributed by atoms with Crippen molar-refractivity contribution >= 4 is 16.0 Å². The van der Waals surface area contributed by atoms with Gasteiger partial charge in [0, 0.05) is 12.6 Å². The summed E-state index contributed by atoms with van der Waals surface area (Å²) in [6, 6.07) is 8.97. The largest absolute Gasteiger partial charge is 0.493 e. The lowest BCUT2D eigenvalue weighted by Gasteiger charge is -2.14. The number of hydrogen-bond donors (Lipinski definition) is 2. The standard InChI is InChI=1S/C17H19NO6S/c1-11-8-14(23-2)15(24-3)9-16(11)25(21,22)18-10-12-4-6-13(7-5-12)17(19)20/h4-9,18H,10H2,1-3H3,(H,19,20). The van der Waals surface area contributed by atoms with E-state index in [0.717, 1.165) is 0 Å². The molecular weight excluding hydrogens is 346 g/mol. The first-order chi connectivity index (χ1) is 11.8. The fraction of sp³-hybridized carbons (Fsp3) is 0.235. The van der Waals surface area contributed by atoms with E-state index >= 15 is 0 Å². The second-order valence-corrected chi connectivity index (χ2v) is 7.03. The van der Waals surface area contributed by atoms with Crippen molar-refractivity contribution in [3.63, 3.8) is 0 Å². The quantitative estimate of drug-likeness (QED) is 0.780. The number of nitrogens with one attached hydrogen (secondary N) is 1. The Hall–Kier alpha value is -2.58. The molecule has 134 valence electrons. The molecule has 0 atom stereocenters. The third-order valence-electron chi connectivity index (χ3n) is 3.64. The highest BCUT2D eigenvalue weighted by atomic mass is 32.2. The van der Waals surface area contributed by atoms with Gasteiger partial charge in [-0.15, -0.1) is 0 Å². The minimum Gasteiger partial charge on any atom is -0.493 e. The first-order valence-electron chi connectivity index (χ1n) is 7.33. The molecule has 7 nitrogen and oxygen atoms in total. The summed E-state index contributed by atoms with van der Waals surface area (Å²) < 4.78 is 37.9. The smallest absolute Gasteiger partial charge is 0.335 e. The molecule has 0 amide bonds. The van der Waals surface area contributed by atoms with E-state index in [1.54, 1.807) is 25.1 Å². The molecular formula is C17H19NO6S. The van der Waals surface area contributed by atoms with Gasteiger partial charge in [0.2, 0.25) is 10.0 Å². The number of carbonyl (C=O) groups is 1. The van der Waals surface area contributed by atoms with Crippen LogP contribution in [0.2, 0.25) is 0 Å². The number of aryl methyl sites for hydroxylation is 1. The molecule has 2 aromatic rings. The molecule has 8 heteroatoms. The highest BCUT2D eigenvalue weighted by Crippen LogP contribution is 2.32. The van der Waals surface area contributed by atoms with E-state index in [2.05, 4.69) is 4.72 Å². The molecule has 0 radical (unpaired) electrons. The lowest BCUT2D eigenvalue weighted by Crippen LogP contribution is -2.24. The predicted molar refractivity (Wildman–Crippen MR) is 91.7 cm³/mol. The zero-order chi connectivity index (χ0) is 18.6. The van der Waals surface area contributed by atoms with Crippen molar-refractivity contribution < 1.29 is 27.8 Å². The molecule has 0 saturated heterocycles. The SMILES string of the molecule is COc1cc(C)c(S(=O)(=O)NCc2ccc(C(=O)O)cc2)cc1OC. The summed E-state index contributed by atoms with van der Waals surface area (Å²) in [5.74, 6) is -0.268. The van der Waals surface area contributed by atoms with Gasteiger partial charge in [0.25, 0.3) is 0 Å². The maximum atomic E-state index is 12.6. The zero-order valence-corrected chi connectivity index (χ0v) is 14.9. The number of carboxylic acid groups (broad SMARTS) is 1. The highest BCUT2D eigenvalue weighted by molar-refractivity contribution is 7.89. The predicted octanol–water partition coefficient (Wildman–Crippen LogP) is 2.19. The molecule has 0 aliphatic heterocycles. The van der Waals surface area contributed by atoms with Crippen LogP contribution in [0, 0.1) is 6.92 Å². The van der Waals surface area contributed by atoms with Gasteiger partial charge in [0.1, 0.15) is 0 Å². The maximum absolute atomic E-state index is 12.6. The van der Waals surface area contributed by atoms with Crippen LogP contribution >= 0.6 is 0 Å². The number of sulfonamides is 1. The molecule has 0 heterocycles. The van der Waals surface area contributed by atoms with Crippen molar-refractivity contribution in [2.75, 3.05) is 14.2 Å². The zero-order valence-electron chi connectivity index (χ0n) is 14.1. The lowest BCUT2D eigenvalue weighted by atomic mass is 10.1. The molecule has 0 fully saturated rings. The van der Waals surface area contributed by atoms with E-state index in [4.69, 9.17) is 14.6 Å². The van der Waals surface area contributed by atoms with Crippen LogP contribution in [-0.4, -0.2) is 33.7 Å². The van der Waals surface area contributed by atoms with Crippen molar-refractivity contribution in [1.29, 1.82) is 0 Å². The summed E-state index contributed by atoms with van der Waals surface area (Å²) in [5, 5.41) is 8.87. The average Bonchev–Trinajstić information content (AvgIpc) is 2.59. The maximum Gasteiger partial charge on any atom is 0.335 e. The van der Waals surface area contributed by atoms with Crippen LogP contribution < -0.4 is 14.2 Å². The summed E-state index contributed by atoms with van der Waals surface area (Å²) in [7, 11) is -0.867. The van der Waals surface area contributed by atoms with Crippen molar-refractivity contribution in [2.45, 2.75) is 18.4 Å². The first kappa shape index (κ1) is 18.8. The van der Waals surface area contributed by atoms with Crippen LogP contribution in [-0.2, 0) is 16.6 Å². The Kier molecular flexibility index (Phi) is 5.66. The second kappa shape index (κ2) is 7.54. The molecule has 0 spiro atoms. The molecule has 0 aliphatic rings. The van der Waals surface area contributed by atoms with Crippen LogP contribution in [0.25, 0.3) is 0 Å². The molecule has 2 aromatic carbocycles. The van der Waals surface area contributed by atoms with E-state index in [1.807, 2.05) is 0 Å². The van der Waals surface area contributed by atoms with Gasteiger partial charge in [0.15, 0.2) is 11.5 Å². The van der Waals surface area contributed by atoms with Crippen LogP contribution in [0.1, 0.15) is 21.5 Å². The Bertz CT molecular complexity index is 875. The summed E-state index contributed by atoms with van der Waals surface area (Å²) in [5.41, 5.74) is 1.31. The van der Waals surface area contributed by atoms with Crippen molar-refractivity contribution in [3.8, 4) is 11.5 Å². The number of hydrogen-bond acceptors (Lipinski definition) is 5. The van der Waals surface area contributed by atoms with Gasteiger partial charge in [-0.05, 0) is 36.2 Å². The minimum absolute atomic E-state index is 0.0377. The molecule has 2 N–H and O–H groups in total. The van der Waals surface area contributed by atoms with Crippen molar-refractivity contribution in [2.24, 2.45) is 0 Å². The molecule has 0 aromatic heterocycles. The van der Waals surface area contributed by atoms with Crippen LogP contribution in [0.4, 0.5) is 0 Å². The fourth-order valence-corrected chi connectivity index (χ4v) is 3.53. The van der Waals surface area contributed by atoms with Crippen LogP contribution in [0.3, 0.4) is 0 Å². The Morgan fingerprint density at radius 1 is 1.08 bits per heavy atom. The van der Waals surface area contributed by atoms with Crippen molar-refractivity contribution in [1.82, 2.24) is 4.72 Å². The van der Waals surface area contributed by atoms with E-state index < -0.39 is 16.0 Å². The van der Waals surface area contributed by atoms with E-state index in [1.165, 1.54) is 32.4 Å². The van der Waals surface area contributed by atoms with Gasteiger partial charge in [-0.3, -0.25) is 0 Å². The molecule has 2 rings (SSSR count). The van der Waals surface area contributed by atoms with E-state index in [9.17, 15) is 13.2 Å². The third-order valence-corrected chi connectivity index (χ3v) is 5.18. The number of aromatic carboxylic acids is 1. The summed E-state index contributed by atoms with van der Waals surface area (Å²) in [6.45, 7) is 1.70. The Labute approximate surface area is 146 Å². The molecule has 25 heavy (non-hydrogen) atoms. The lowest BCUT2D eigenvalue weighted by molar-refractivity contribution is 0.0697. The molecule has 0 bridgehead atoms. The molecule has 0 aliphatic carbocycles. The highest BCUT2D eigenvalue weighted by Gasteiger charge is 2.20. The number of carboxylic acids is 1. The number of methoxy groups -OCH3 is 2. The Morgan fingerprint density at radius 3 is 2.16 bits per heavy atom. The van der Waals surface area contributed by atoms with E-state index in [-0.39, 0.29) is 17.0 Å². The Balaban J connectivity index is 2.23. The average molecular weight is 365 g/mol. The molecule has 0 unspecified atom stereocenters. The third kappa shape index (κ3) is 4.28. The van der Waals surface area contributed by atoms with Crippen molar-refractivity contribution in [3.05, 3.63) is 53.1 Å². The van der Waals surface area contributed by atoms with Gasteiger partial charge in [-0.2, -0.15) is 0 Å². The fourth-order valence-electron chi connectivity index (χ4n) is 2.27. The number of benzene rings is 2. The van der Waals surface area contributed by atoms with Gasteiger partial charge in [0.05, 0.1) is 24.7 Å². The number of ether oxygens (including phenoxy) is 2. The van der Waals surface area contributed by atoms with Gasteiger partial charge in [-0.25, -0.2) is 17.9 Å². The van der Waals surface area contributed by atoms with Crippen LogP contribution in [0.15, 0.2) is 41.3 Å². The normalized spacial score (nSPS) is 11.2. The number of rotatable bonds is 7. The summed E-state index contributed by atoms with van der Waals surface area (Å²) in [6.07, 6.45) is 0. The van der Waals surface area contributed by atoms with Crippen LogP contribution in [0.5, 0.6) is 11.5 Å². The van der Waals surface area contributed by atoms with Gasteiger partial charge < -0.3 is 14.6 Å². The minimum atomic E-state index is -3.78. The molecule has 0 saturated carbocycles. The monoisotopic (exact) mass is 365 g/mol.